The Hall–Kier alpha value is -1.97. The van der Waals surface area contributed by atoms with Crippen molar-refractivity contribution in [3.05, 3.63) is 35.4 Å². The standard InChI is InChI=1S/C15H20N2O6S/c1-2-23-15(20)13-4-3-9-17(13)24(21,22)16-10-11-5-7-12(8-6-11)14(18)19/h5-8,13,16H,2-4,9-10H2,1H3,(H,18,19). The van der Waals surface area contributed by atoms with Gasteiger partial charge in [0.15, 0.2) is 0 Å². The molecule has 0 radical (unpaired) electrons. The van der Waals surface area contributed by atoms with Gasteiger partial charge in [-0.1, -0.05) is 12.1 Å². The first kappa shape index (κ1) is 18.4. The zero-order valence-electron chi connectivity index (χ0n) is 13.3. The third kappa shape index (κ3) is 4.31. The molecule has 0 aliphatic carbocycles. The van der Waals surface area contributed by atoms with E-state index in [4.69, 9.17) is 9.84 Å². The Balaban J connectivity index is 2.02. The maximum absolute atomic E-state index is 12.4. The van der Waals surface area contributed by atoms with Crippen molar-refractivity contribution < 1.29 is 27.9 Å². The van der Waals surface area contributed by atoms with Gasteiger partial charge in [-0.05, 0) is 37.5 Å². The molecule has 24 heavy (non-hydrogen) atoms. The molecule has 2 N–H and O–H groups in total. The van der Waals surface area contributed by atoms with Crippen LogP contribution in [-0.2, 0) is 26.3 Å². The van der Waals surface area contributed by atoms with E-state index in [1.54, 1.807) is 19.1 Å². The molecule has 2 rings (SSSR count). The number of carboxylic acids is 1. The third-order valence-corrected chi connectivity index (χ3v) is 5.29. The molecule has 1 aliphatic rings. The van der Waals surface area contributed by atoms with Crippen molar-refractivity contribution in [3.63, 3.8) is 0 Å². The molecular weight excluding hydrogens is 336 g/mol. The van der Waals surface area contributed by atoms with Crippen LogP contribution in [0.5, 0.6) is 0 Å². The topological polar surface area (TPSA) is 113 Å². The summed E-state index contributed by atoms with van der Waals surface area (Å²) in [7, 11) is -3.83. The Morgan fingerprint density at radius 3 is 2.58 bits per heavy atom. The van der Waals surface area contributed by atoms with E-state index >= 15 is 0 Å². The molecule has 0 aromatic heterocycles. The van der Waals surface area contributed by atoms with E-state index < -0.39 is 28.2 Å². The normalized spacial score (nSPS) is 18.5. The number of nitrogens with zero attached hydrogens (tertiary/aromatic N) is 1. The fraction of sp³-hybridized carbons (Fsp3) is 0.467. The van der Waals surface area contributed by atoms with Crippen LogP contribution in [-0.4, -0.2) is 49.0 Å². The lowest BCUT2D eigenvalue weighted by atomic mass is 10.1. The van der Waals surface area contributed by atoms with Crippen molar-refractivity contribution in [3.8, 4) is 0 Å². The molecule has 8 nitrogen and oxygen atoms in total. The largest absolute Gasteiger partial charge is 0.478 e. The molecule has 1 aromatic carbocycles. The Labute approximate surface area is 140 Å². The van der Waals surface area contributed by atoms with Gasteiger partial charge >= 0.3 is 11.9 Å². The van der Waals surface area contributed by atoms with E-state index in [1.165, 1.54) is 12.1 Å². The average Bonchev–Trinajstić information content (AvgIpc) is 3.04. The van der Waals surface area contributed by atoms with Gasteiger partial charge < -0.3 is 9.84 Å². The van der Waals surface area contributed by atoms with Crippen molar-refractivity contribution in [2.45, 2.75) is 32.4 Å². The van der Waals surface area contributed by atoms with Gasteiger partial charge in [-0.2, -0.15) is 17.4 Å². The zero-order valence-corrected chi connectivity index (χ0v) is 14.1. The quantitative estimate of drug-likeness (QED) is 0.697. The number of ether oxygens (including phenoxy) is 1. The summed E-state index contributed by atoms with van der Waals surface area (Å²) >= 11 is 0. The molecule has 1 fully saturated rings. The van der Waals surface area contributed by atoms with Crippen LogP contribution in [0.4, 0.5) is 0 Å². The molecule has 1 heterocycles. The molecule has 1 unspecified atom stereocenters. The molecule has 132 valence electrons. The lowest BCUT2D eigenvalue weighted by Gasteiger charge is -2.22. The Bertz CT molecular complexity index is 701. The van der Waals surface area contributed by atoms with Crippen LogP contribution >= 0.6 is 0 Å². The number of rotatable bonds is 7. The molecular formula is C15H20N2O6S. The van der Waals surface area contributed by atoms with Crippen molar-refractivity contribution in [2.24, 2.45) is 0 Å². The molecule has 0 amide bonds. The van der Waals surface area contributed by atoms with E-state index in [0.29, 0.717) is 18.4 Å². The number of aromatic carboxylic acids is 1. The van der Waals surface area contributed by atoms with Gasteiger partial charge in [0.05, 0.1) is 12.2 Å². The van der Waals surface area contributed by atoms with Gasteiger partial charge in [0.2, 0.25) is 0 Å². The molecule has 1 aromatic rings. The smallest absolute Gasteiger partial charge is 0.335 e. The summed E-state index contributed by atoms with van der Waals surface area (Å²) in [6.07, 6.45) is 1.03. The summed E-state index contributed by atoms with van der Waals surface area (Å²) in [4.78, 5) is 22.7. The summed E-state index contributed by atoms with van der Waals surface area (Å²) in [5, 5.41) is 8.84. The second-order valence-electron chi connectivity index (χ2n) is 5.35. The van der Waals surface area contributed by atoms with Crippen molar-refractivity contribution in [1.29, 1.82) is 0 Å². The zero-order chi connectivity index (χ0) is 17.7. The second-order valence-corrected chi connectivity index (χ2v) is 7.06. The van der Waals surface area contributed by atoms with Crippen LogP contribution in [0.25, 0.3) is 0 Å². The number of carbonyl (C=O) groups excluding carboxylic acids is 1. The molecule has 1 atom stereocenters. The van der Waals surface area contributed by atoms with E-state index in [-0.39, 0.29) is 25.3 Å². The van der Waals surface area contributed by atoms with Crippen LogP contribution in [0.2, 0.25) is 0 Å². The van der Waals surface area contributed by atoms with Crippen molar-refractivity contribution in [2.75, 3.05) is 13.2 Å². The molecule has 0 saturated carbocycles. The number of carbonyl (C=O) groups is 2. The lowest BCUT2D eigenvalue weighted by Crippen LogP contribution is -2.46. The third-order valence-electron chi connectivity index (χ3n) is 3.73. The summed E-state index contributed by atoms with van der Waals surface area (Å²) < 4.78 is 33.3. The van der Waals surface area contributed by atoms with E-state index in [2.05, 4.69) is 4.72 Å². The summed E-state index contributed by atoms with van der Waals surface area (Å²) in [5.74, 6) is -1.58. The first-order valence-electron chi connectivity index (χ1n) is 7.60. The SMILES string of the molecule is CCOC(=O)C1CCCN1S(=O)(=O)NCc1ccc(C(=O)O)cc1. The molecule has 9 heteroatoms. The highest BCUT2D eigenvalue weighted by Crippen LogP contribution is 2.21. The predicted molar refractivity (Wildman–Crippen MR) is 85.5 cm³/mol. The van der Waals surface area contributed by atoms with Crippen LogP contribution in [0.15, 0.2) is 24.3 Å². The fourth-order valence-corrected chi connectivity index (χ4v) is 3.94. The Morgan fingerprint density at radius 2 is 2.00 bits per heavy atom. The van der Waals surface area contributed by atoms with Gasteiger partial charge in [0.1, 0.15) is 6.04 Å². The molecule has 1 saturated heterocycles. The highest BCUT2D eigenvalue weighted by Gasteiger charge is 2.39. The summed E-state index contributed by atoms with van der Waals surface area (Å²) in [5.41, 5.74) is 0.749. The lowest BCUT2D eigenvalue weighted by molar-refractivity contribution is -0.146. The minimum Gasteiger partial charge on any atom is -0.478 e. The van der Waals surface area contributed by atoms with E-state index in [0.717, 1.165) is 4.31 Å². The van der Waals surface area contributed by atoms with E-state index in [1.807, 2.05) is 0 Å². The van der Waals surface area contributed by atoms with Crippen molar-refractivity contribution >= 4 is 22.1 Å². The summed E-state index contributed by atoms with van der Waals surface area (Å²) in [6.45, 7) is 2.14. The predicted octanol–water partition coefficient (Wildman–Crippen LogP) is 0.747. The van der Waals surface area contributed by atoms with E-state index in [9.17, 15) is 18.0 Å². The van der Waals surface area contributed by atoms with Crippen LogP contribution < -0.4 is 4.72 Å². The maximum Gasteiger partial charge on any atom is 0.335 e. The Morgan fingerprint density at radius 1 is 1.33 bits per heavy atom. The maximum atomic E-state index is 12.4. The number of hydrogen-bond acceptors (Lipinski definition) is 5. The van der Waals surface area contributed by atoms with Gasteiger partial charge in [0.25, 0.3) is 10.2 Å². The number of esters is 1. The van der Waals surface area contributed by atoms with Gasteiger partial charge in [-0.25, -0.2) is 4.79 Å². The van der Waals surface area contributed by atoms with Gasteiger partial charge in [-0.3, -0.25) is 4.79 Å². The minimum absolute atomic E-state index is 0.00821. The monoisotopic (exact) mass is 356 g/mol. The number of nitrogens with one attached hydrogen (secondary N) is 1. The molecule has 0 bridgehead atoms. The Kier molecular flexibility index (Phi) is 5.92. The highest BCUT2D eigenvalue weighted by molar-refractivity contribution is 7.87. The van der Waals surface area contributed by atoms with Crippen LogP contribution in [0.1, 0.15) is 35.7 Å². The van der Waals surface area contributed by atoms with Gasteiger partial charge in [-0.15, -0.1) is 0 Å². The fourth-order valence-electron chi connectivity index (χ4n) is 2.52. The van der Waals surface area contributed by atoms with Crippen molar-refractivity contribution in [1.82, 2.24) is 9.03 Å². The molecule has 1 aliphatic heterocycles. The minimum atomic E-state index is -3.83. The van der Waals surface area contributed by atoms with Gasteiger partial charge in [0, 0.05) is 13.1 Å². The second kappa shape index (κ2) is 7.73. The first-order valence-corrected chi connectivity index (χ1v) is 9.04. The van der Waals surface area contributed by atoms with Crippen LogP contribution in [0, 0.1) is 0 Å². The highest BCUT2D eigenvalue weighted by atomic mass is 32.2. The number of hydrogen-bond donors (Lipinski definition) is 2. The average molecular weight is 356 g/mol. The number of carboxylic acid groups (broad SMARTS) is 1. The molecule has 0 spiro atoms. The van der Waals surface area contributed by atoms with Crippen LogP contribution in [0.3, 0.4) is 0 Å². The first-order chi connectivity index (χ1) is 11.3. The number of benzene rings is 1. The summed E-state index contributed by atoms with van der Waals surface area (Å²) in [6, 6.07) is 5.10.